The van der Waals surface area contributed by atoms with Gasteiger partial charge in [-0.15, -0.1) is 0 Å². The highest BCUT2D eigenvalue weighted by molar-refractivity contribution is 5.69. The maximum atomic E-state index is 14.0. The van der Waals surface area contributed by atoms with Crippen LogP contribution >= 0.6 is 0 Å². The fourth-order valence-corrected chi connectivity index (χ4v) is 5.24. The second-order valence-corrected chi connectivity index (χ2v) is 10.4. The van der Waals surface area contributed by atoms with E-state index in [9.17, 15) is 14.0 Å². The van der Waals surface area contributed by atoms with Gasteiger partial charge in [-0.2, -0.15) is 0 Å². The summed E-state index contributed by atoms with van der Waals surface area (Å²) in [5.41, 5.74) is 2.00. The van der Waals surface area contributed by atoms with Gasteiger partial charge in [0.15, 0.2) is 0 Å². The van der Waals surface area contributed by atoms with E-state index in [-0.39, 0.29) is 29.2 Å². The monoisotopic (exact) mass is 447 g/mol. The van der Waals surface area contributed by atoms with Crippen molar-refractivity contribution in [3.63, 3.8) is 0 Å². The molecule has 6 heteroatoms. The van der Waals surface area contributed by atoms with Gasteiger partial charge in [0, 0.05) is 19.5 Å². The molecule has 0 radical (unpaired) electrons. The van der Waals surface area contributed by atoms with Crippen molar-refractivity contribution in [1.29, 1.82) is 0 Å². The standard InChI is InChI=1S/C26H38FNO4/c1-5-31-23(29)9-7-6-8-19-17-26(18-20-10-11-21(27)16-22(19)20)12-14-28(15-13-26)24(30)32-25(2,3)4/h10-11,16,19H,5-9,12-15,17-18H2,1-4H3. The number of amides is 1. The first-order chi connectivity index (χ1) is 15.1. The van der Waals surface area contributed by atoms with Crippen molar-refractivity contribution in [2.45, 2.75) is 90.6 Å². The molecule has 0 aromatic heterocycles. The molecule has 1 fully saturated rings. The Labute approximate surface area is 191 Å². The fourth-order valence-electron chi connectivity index (χ4n) is 5.24. The number of carbonyl (C=O) groups excluding carboxylic acids is 2. The highest BCUT2D eigenvalue weighted by atomic mass is 19.1. The number of benzene rings is 1. The number of piperidine rings is 1. The number of hydrogen-bond donors (Lipinski definition) is 0. The summed E-state index contributed by atoms with van der Waals surface area (Å²) in [6.45, 7) is 9.29. The van der Waals surface area contributed by atoms with Crippen LogP contribution in [0.3, 0.4) is 0 Å². The molecule has 0 N–H and O–H groups in total. The van der Waals surface area contributed by atoms with Crippen LogP contribution in [-0.4, -0.2) is 42.3 Å². The molecule has 1 aromatic carbocycles. The number of fused-ring (bicyclic) bond motifs is 1. The first-order valence-electron chi connectivity index (χ1n) is 12.0. The SMILES string of the molecule is CCOC(=O)CCCCC1CC2(CCN(C(=O)OC(C)(C)C)CC2)Cc2ccc(F)cc21. The molecule has 3 rings (SSSR count). The number of hydrogen-bond acceptors (Lipinski definition) is 4. The van der Waals surface area contributed by atoms with Crippen molar-refractivity contribution < 1.29 is 23.5 Å². The lowest BCUT2D eigenvalue weighted by Gasteiger charge is -2.47. The molecule has 0 bridgehead atoms. The second-order valence-electron chi connectivity index (χ2n) is 10.4. The van der Waals surface area contributed by atoms with Crippen LogP contribution in [-0.2, 0) is 20.7 Å². The van der Waals surface area contributed by atoms with Gasteiger partial charge in [0.05, 0.1) is 6.61 Å². The zero-order chi connectivity index (χ0) is 23.4. The molecule has 1 spiro atoms. The summed E-state index contributed by atoms with van der Waals surface area (Å²) in [4.78, 5) is 25.9. The van der Waals surface area contributed by atoms with E-state index in [0.717, 1.165) is 50.5 Å². The Balaban J connectivity index is 1.64. The average Bonchev–Trinajstić information content (AvgIpc) is 2.71. The summed E-state index contributed by atoms with van der Waals surface area (Å²) in [5, 5.41) is 0. The van der Waals surface area contributed by atoms with Crippen LogP contribution < -0.4 is 0 Å². The van der Waals surface area contributed by atoms with Crippen molar-refractivity contribution in [3.8, 4) is 0 Å². The van der Waals surface area contributed by atoms with Gasteiger partial charge in [-0.1, -0.05) is 12.5 Å². The summed E-state index contributed by atoms with van der Waals surface area (Å²) in [5.74, 6) is -0.0470. The summed E-state index contributed by atoms with van der Waals surface area (Å²) in [7, 11) is 0. The van der Waals surface area contributed by atoms with E-state index in [1.165, 1.54) is 5.56 Å². The van der Waals surface area contributed by atoms with Crippen molar-refractivity contribution in [2.75, 3.05) is 19.7 Å². The third-order valence-corrected chi connectivity index (χ3v) is 6.76. The Bertz CT molecular complexity index is 809. The van der Waals surface area contributed by atoms with Gasteiger partial charge in [-0.3, -0.25) is 4.79 Å². The third kappa shape index (κ3) is 6.46. The minimum Gasteiger partial charge on any atom is -0.466 e. The Morgan fingerprint density at radius 3 is 2.56 bits per heavy atom. The van der Waals surface area contributed by atoms with Gasteiger partial charge < -0.3 is 14.4 Å². The van der Waals surface area contributed by atoms with E-state index in [2.05, 4.69) is 0 Å². The van der Waals surface area contributed by atoms with Crippen LogP contribution in [0.1, 0.15) is 89.7 Å². The largest absolute Gasteiger partial charge is 0.466 e. The van der Waals surface area contributed by atoms with Crippen molar-refractivity contribution in [2.24, 2.45) is 5.41 Å². The predicted molar refractivity (Wildman–Crippen MR) is 122 cm³/mol. The Morgan fingerprint density at radius 2 is 1.91 bits per heavy atom. The van der Waals surface area contributed by atoms with Crippen molar-refractivity contribution in [3.05, 3.63) is 35.1 Å². The van der Waals surface area contributed by atoms with E-state index in [1.807, 2.05) is 38.7 Å². The minimum absolute atomic E-state index is 0.134. The number of rotatable bonds is 6. The number of carbonyl (C=O) groups is 2. The quantitative estimate of drug-likeness (QED) is 0.397. The maximum Gasteiger partial charge on any atom is 0.410 e. The molecule has 2 aliphatic rings. The molecular weight excluding hydrogens is 409 g/mol. The molecule has 1 aromatic rings. The Kier molecular flexibility index (Phi) is 7.84. The molecule has 1 heterocycles. The number of likely N-dealkylation sites (tertiary alicyclic amines) is 1. The molecule has 32 heavy (non-hydrogen) atoms. The number of halogens is 1. The van der Waals surface area contributed by atoms with Crippen LogP contribution in [0, 0.1) is 11.2 Å². The van der Waals surface area contributed by atoms with Crippen LogP contribution in [0.25, 0.3) is 0 Å². The molecule has 1 amide bonds. The summed E-state index contributed by atoms with van der Waals surface area (Å²) < 4.78 is 24.6. The third-order valence-electron chi connectivity index (χ3n) is 6.76. The smallest absolute Gasteiger partial charge is 0.410 e. The predicted octanol–water partition coefficient (Wildman–Crippen LogP) is 6.00. The maximum absolute atomic E-state index is 14.0. The molecule has 1 atom stereocenters. The van der Waals surface area contributed by atoms with E-state index >= 15 is 0 Å². The minimum atomic E-state index is -0.491. The summed E-state index contributed by atoms with van der Waals surface area (Å²) >= 11 is 0. The molecule has 1 aliphatic carbocycles. The highest BCUT2D eigenvalue weighted by Gasteiger charge is 2.42. The van der Waals surface area contributed by atoms with Crippen LogP contribution in [0.15, 0.2) is 18.2 Å². The Morgan fingerprint density at radius 1 is 1.19 bits per heavy atom. The summed E-state index contributed by atoms with van der Waals surface area (Å²) in [6.07, 6.45) is 6.65. The number of nitrogens with zero attached hydrogens (tertiary/aromatic N) is 1. The molecule has 5 nitrogen and oxygen atoms in total. The van der Waals surface area contributed by atoms with E-state index < -0.39 is 5.60 Å². The first kappa shape index (κ1) is 24.5. The fraction of sp³-hybridized carbons (Fsp3) is 0.692. The van der Waals surface area contributed by atoms with Crippen LogP contribution in [0.5, 0.6) is 0 Å². The second kappa shape index (κ2) is 10.2. The van der Waals surface area contributed by atoms with Gasteiger partial charge in [0.1, 0.15) is 11.4 Å². The van der Waals surface area contributed by atoms with Gasteiger partial charge in [0.2, 0.25) is 0 Å². The summed E-state index contributed by atoms with van der Waals surface area (Å²) in [6, 6.07) is 5.21. The van der Waals surface area contributed by atoms with E-state index in [4.69, 9.17) is 9.47 Å². The van der Waals surface area contributed by atoms with Crippen LogP contribution in [0.4, 0.5) is 9.18 Å². The van der Waals surface area contributed by atoms with Gasteiger partial charge in [-0.05, 0) is 101 Å². The van der Waals surface area contributed by atoms with E-state index in [0.29, 0.717) is 26.1 Å². The molecule has 0 saturated carbocycles. The molecule has 1 unspecified atom stereocenters. The number of unbranched alkanes of at least 4 members (excludes halogenated alkanes) is 1. The van der Waals surface area contributed by atoms with Gasteiger partial charge in [0.25, 0.3) is 0 Å². The molecule has 178 valence electrons. The van der Waals surface area contributed by atoms with Crippen molar-refractivity contribution in [1.82, 2.24) is 4.90 Å². The normalized spacial score (nSPS) is 20.0. The van der Waals surface area contributed by atoms with Gasteiger partial charge >= 0.3 is 12.1 Å². The lowest BCUT2D eigenvalue weighted by atomic mass is 9.62. The van der Waals surface area contributed by atoms with Crippen molar-refractivity contribution >= 4 is 12.1 Å². The molecular formula is C26H38FNO4. The topological polar surface area (TPSA) is 55.8 Å². The number of esters is 1. The first-order valence-corrected chi connectivity index (χ1v) is 12.0. The highest BCUT2D eigenvalue weighted by Crippen LogP contribution is 2.50. The average molecular weight is 448 g/mol. The lowest BCUT2D eigenvalue weighted by molar-refractivity contribution is -0.143. The zero-order valence-electron chi connectivity index (χ0n) is 20.0. The number of ether oxygens (including phenoxy) is 2. The molecule has 1 saturated heterocycles. The van der Waals surface area contributed by atoms with Gasteiger partial charge in [-0.25, -0.2) is 9.18 Å². The lowest BCUT2D eigenvalue weighted by Crippen LogP contribution is -2.47. The van der Waals surface area contributed by atoms with Crippen LogP contribution in [0.2, 0.25) is 0 Å². The molecule has 1 aliphatic heterocycles. The zero-order valence-corrected chi connectivity index (χ0v) is 20.0. The Hall–Kier alpha value is -2.11. The van der Waals surface area contributed by atoms with E-state index in [1.54, 1.807) is 12.1 Å².